The second-order valence-electron chi connectivity index (χ2n) is 4.16. The number of aryl methyl sites for hydroxylation is 1. The maximum absolute atomic E-state index is 5.99. The van der Waals surface area contributed by atoms with Crippen LogP contribution < -0.4 is 5.73 Å². The van der Waals surface area contributed by atoms with Crippen LogP contribution in [-0.4, -0.2) is 9.38 Å². The summed E-state index contributed by atoms with van der Waals surface area (Å²) in [6, 6.07) is 14.1. The number of nitrogens with two attached hydrogens (primary N) is 1. The molecular formula is C14H13N3. The van der Waals surface area contributed by atoms with Gasteiger partial charge in [0.2, 0.25) is 0 Å². The van der Waals surface area contributed by atoms with Crippen molar-refractivity contribution in [2.24, 2.45) is 0 Å². The summed E-state index contributed by atoms with van der Waals surface area (Å²) in [7, 11) is 0. The summed E-state index contributed by atoms with van der Waals surface area (Å²) >= 11 is 0. The minimum Gasteiger partial charge on any atom is -0.385 e. The third-order valence-corrected chi connectivity index (χ3v) is 2.89. The Kier molecular flexibility index (Phi) is 2.11. The molecule has 2 N–H and O–H groups in total. The molecule has 0 aliphatic carbocycles. The van der Waals surface area contributed by atoms with Gasteiger partial charge in [-0.2, -0.15) is 0 Å². The zero-order valence-electron chi connectivity index (χ0n) is 9.59. The van der Waals surface area contributed by atoms with Gasteiger partial charge in [0, 0.05) is 5.56 Å². The molecule has 0 bridgehead atoms. The Morgan fingerprint density at radius 2 is 1.82 bits per heavy atom. The molecule has 0 atom stereocenters. The van der Waals surface area contributed by atoms with Crippen molar-refractivity contribution < 1.29 is 0 Å². The van der Waals surface area contributed by atoms with Crippen LogP contribution in [0.5, 0.6) is 0 Å². The molecule has 84 valence electrons. The molecule has 3 aromatic rings. The molecular weight excluding hydrogens is 210 g/mol. The first-order chi connectivity index (χ1) is 8.25. The summed E-state index contributed by atoms with van der Waals surface area (Å²) in [5.74, 6) is 1.59. The van der Waals surface area contributed by atoms with E-state index in [2.05, 4.69) is 36.2 Å². The molecule has 0 amide bonds. The van der Waals surface area contributed by atoms with Crippen LogP contribution in [0.2, 0.25) is 0 Å². The van der Waals surface area contributed by atoms with E-state index in [0.29, 0.717) is 5.82 Å². The number of hydrogen-bond acceptors (Lipinski definition) is 2. The van der Waals surface area contributed by atoms with E-state index in [-0.39, 0.29) is 0 Å². The van der Waals surface area contributed by atoms with E-state index in [0.717, 1.165) is 16.9 Å². The number of aromatic nitrogens is 2. The van der Waals surface area contributed by atoms with Crippen molar-refractivity contribution in [2.75, 3.05) is 5.73 Å². The Labute approximate surface area is 99.5 Å². The van der Waals surface area contributed by atoms with E-state index >= 15 is 0 Å². The van der Waals surface area contributed by atoms with Gasteiger partial charge in [0.1, 0.15) is 11.6 Å². The van der Waals surface area contributed by atoms with E-state index in [9.17, 15) is 0 Å². The van der Waals surface area contributed by atoms with Crippen LogP contribution in [0.4, 0.5) is 5.82 Å². The Morgan fingerprint density at radius 1 is 1.06 bits per heavy atom. The lowest BCUT2D eigenvalue weighted by Crippen LogP contribution is -1.97. The molecule has 0 unspecified atom stereocenters. The third-order valence-electron chi connectivity index (χ3n) is 2.89. The molecule has 1 aromatic carbocycles. The number of anilines is 1. The monoisotopic (exact) mass is 223 g/mol. The molecule has 0 saturated heterocycles. The van der Waals surface area contributed by atoms with Crippen LogP contribution in [-0.2, 0) is 0 Å². The summed E-state index contributed by atoms with van der Waals surface area (Å²) in [5, 5.41) is 0. The number of rotatable bonds is 1. The van der Waals surface area contributed by atoms with Crippen molar-refractivity contribution in [1.82, 2.24) is 9.38 Å². The normalized spacial score (nSPS) is 10.9. The fourth-order valence-corrected chi connectivity index (χ4v) is 1.98. The molecule has 2 aromatic heterocycles. The minimum atomic E-state index is 0.704. The topological polar surface area (TPSA) is 43.3 Å². The number of benzene rings is 1. The second-order valence-corrected chi connectivity index (χ2v) is 4.16. The average molecular weight is 223 g/mol. The van der Waals surface area contributed by atoms with Crippen molar-refractivity contribution in [1.29, 1.82) is 0 Å². The lowest BCUT2D eigenvalue weighted by molar-refractivity contribution is 1.17. The Bertz CT molecular complexity index is 666. The molecule has 0 fully saturated rings. The Morgan fingerprint density at radius 3 is 2.59 bits per heavy atom. The van der Waals surface area contributed by atoms with Crippen LogP contribution in [0.25, 0.3) is 16.9 Å². The van der Waals surface area contributed by atoms with Crippen molar-refractivity contribution in [3.05, 3.63) is 54.2 Å². The zero-order valence-corrected chi connectivity index (χ0v) is 9.59. The van der Waals surface area contributed by atoms with Gasteiger partial charge in [0.05, 0.1) is 11.7 Å². The van der Waals surface area contributed by atoms with Gasteiger partial charge in [-0.25, -0.2) is 4.98 Å². The fraction of sp³-hybridized carbons (Fsp3) is 0.0714. The van der Waals surface area contributed by atoms with Crippen molar-refractivity contribution >= 4 is 11.3 Å². The fourth-order valence-electron chi connectivity index (χ4n) is 1.98. The Hall–Kier alpha value is -2.29. The molecule has 3 nitrogen and oxygen atoms in total. The van der Waals surface area contributed by atoms with E-state index in [1.54, 1.807) is 0 Å². The van der Waals surface area contributed by atoms with Crippen LogP contribution in [0.15, 0.2) is 48.7 Å². The number of fused-ring (bicyclic) bond motifs is 1. The lowest BCUT2D eigenvalue weighted by Gasteiger charge is -2.05. The second kappa shape index (κ2) is 3.63. The number of hydrogen-bond donors (Lipinski definition) is 1. The summed E-state index contributed by atoms with van der Waals surface area (Å²) in [6.07, 6.45) is 1.84. The van der Waals surface area contributed by atoms with Crippen molar-refractivity contribution in [3.8, 4) is 11.4 Å². The van der Waals surface area contributed by atoms with E-state index in [1.165, 1.54) is 5.56 Å². The summed E-state index contributed by atoms with van der Waals surface area (Å²) in [4.78, 5) is 4.44. The third kappa shape index (κ3) is 1.56. The molecule has 0 radical (unpaired) electrons. The molecule has 2 heterocycles. The van der Waals surface area contributed by atoms with Gasteiger partial charge in [-0.1, -0.05) is 35.9 Å². The number of imidazole rings is 1. The van der Waals surface area contributed by atoms with Crippen LogP contribution in [0.3, 0.4) is 0 Å². The predicted molar refractivity (Wildman–Crippen MR) is 69.8 cm³/mol. The van der Waals surface area contributed by atoms with Crippen molar-refractivity contribution in [3.63, 3.8) is 0 Å². The van der Waals surface area contributed by atoms with Gasteiger partial charge in [0.15, 0.2) is 0 Å². The molecule has 0 aliphatic heterocycles. The van der Waals surface area contributed by atoms with Gasteiger partial charge in [0.25, 0.3) is 0 Å². The minimum absolute atomic E-state index is 0.704. The largest absolute Gasteiger partial charge is 0.385 e. The number of nitrogens with zero attached hydrogens (tertiary/aromatic N) is 2. The average Bonchev–Trinajstić information content (AvgIpc) is 2.75. The summed E-state index contributed by atoms with van der Waals surface area (Å²) < 4.78 is 1.96. The summed E-state index contributed by atoms with van der Waals surface area (Å²) in [6.45, 7) is 2.07. The highest BCUT2D eigenvalue weighted by Crippen LogP contribution is 2.22. The lowest BCUT2D eigenvalue weighted by atomic mass is 10.1. The molecule has 0 aliphatic rings. The highest BCUT2D eigenvalue weighted by molar-refractivity contribution is 5.66. The number of pyridine rings is 1. The van der Waals surface area contributed by atoms with E-state index in [1.807, 2.05) is 28.8 Å². The predicted octanol–water partition coefficient (Wildman–Crippen LogP) is 2.89. The SMILES string of the molecule is Cc1ccc(-c2ncc3cccc(N)n23)cc1. The molecule has 0 spiro atoms. The Balaban J connectivity index is 2.27. The van der Waals surface area contributed by atoms with Gasteiger partial charge in [-0.3, -0.25) is 4.40 Å². The smallest absolute Gasteiger partial charge is 0.146 e. The van der Waals surface area contributed by atoms with E-state index in [4.69, 9.17) is 5.73 Å². The van der Waals surface area contributed by atoms with Gasteiger partial charge < -0.3 is 5.73 Å². The van der Waals surface area contributed by atoms with Crippen LogP contribution in [0, 0.1) is 6.92 Å². The maximum Gasteiger partial charge on any atom is 0.146 e. The number of nitrogen functional groups attached to an aromatic ring is 1. The van der Waals surface area contributed by atoms with Crippen LogP contribution in [0.1, 0.15) is 5.56 Å². The highest BCUT2D eigenvalue weighted by atomic mass is 15.1. The van der Waals surface area contributed by atoms with Gasteiger partial charge >= 0.3 is 0 Å². The quantitative estimate of drug-likeness (QED) is 0.689. The summed E-state index contributed by atoms with van der Waals surface area (Å²) in [5.41, 5.74) is 9.32. The standard InChI is InChI=1S/C14H13N3/c1-10-5-7-11(8-6-10)14-16-9-12-3-2-4-13(15)17(12)14/h2-9H,15H2,1H3. The zero-order chi connectivity index (χ0) is 11.8. The van der Waals surface area contributed by atoms with Crippen LogP contribution >= 0.6 is 0 Å². The first-order valence-electron chi connectivity index (χ1n) is 5.55. The maximum atomic E-state index is 5.99. The molecule has 3 heteroatoms. The molecule has 0 saturated carbocycles. The molecule has 17 heavy (non-hydrogen) atoms. The molecule has 3 rings (SSSR count). The first kappa shape index (κ1) is 9.90. The van der Waals surface area contributed by atoms with Gasteiger partial charge in [-0.15, -0.1) is 0 Å². The van der Waals surface area contributed by atoms with E-state index < -0.39 is 0 Å². The van der Waals surface area contributed by atoms with Gasteiger partial charge in [-0.05, 0) is 19.1 Å². The van der Waals surface area contributed by atoms with Crippen molar-refractivity contribution in [2.45, 2.75) is 6.92 Å². The highest BCUT2D eigenvalue weighted by Gasteiger charge is 2.07. The first-order valence-corrected chi connectivity index (χ1v) is 5.55.